The van der Waals surface area contributed by atoms with E-state index in [0.29, 0.717) is 12.5 Å². The van der Waals surface area contributed by atoms with Gasteiger partial charge in [-0.05, 0) is 34.6 Å². The standard InChI is InChI=1S/C20H29N5OS.HI/c1-6-21-19(23-13-17(26)25-20(3,4)5)22-12-16-14(2)24-18(27-16)15-10-8-7-9-11-15;/h7-11H,6,12-13H2,1-5H3,(H,25,26)(H2,21,22,23);1H. The van der Waals surface area contributed by atoms with E-state index in [9.17, 15) is 4.79 Å². The second-order valence-corrected chi connectivity index (χ2v) is 8.32. The quantitative estimate of drug-likeness (QED) is 0.312. The minimum absolute atomic E-state index is 0. The Hall–Kier alpha value is -1.68. The number of hydrogen-bond acceptors (Lipinski definition) is 4. The number of aromatic nitrogens is 1. The molecule has 3 N–H and O–H groups in total. The van der Waals surface area contributed by atoms with Crippen LogP contribution in [0, 0.1) is 6.92 Å². The van der Waals surface area contributed by atoms with E-state index in [1.54, 1.807) is 11.3 Å². The van der Waals surface area contributed by atoms with Crippen LogP contribution < -0.4 is 16.0 Å². The number of aliphatic imine (C=N–C) groups is 1. The summed E-state index contributed by atoms with van der Waals surface area (Å²) in [6, 6.07) is 10.2. The minimum Gasteiger partial charge on any atom is -0.357 e. The van der Waals surface area contributed by atoms with Crippen LogP contribution in [-0.4, -0.2) is 35.5 Å². The van der Waals surface area contributed by atoms with Gasteiger partial charge in [-0.2, -0.15) is 0 Å². The lowest BCUT2D eigenvalue weighted by atomic mass is 10.1. The number of halogens is 1. The van der Waals surface area contributed by atoms with Crippen molar-refractivity contribution in [1.82, 2.24) is 20.9 Å². The van der Waals surface area contributed by atoms with Gasteiger partial charge in [0.25, 0.3) is 0 Å². The second-order valence-electron chi connectivity index (χ2n) is 7.24. The lowest BCUT2D eigenvalue weighted by molar-refractivity contribution is -0.121. The van der Waals surface area contributed by atoms with Gasteiger partial charge in [-0.15, -0.1) is 35.3 Å². The number of carbonyl (C=O) groups excluding carboxylic acids is 1. The number of amides is 1. The third kappa shape index (κ3) is 8.14. The zero-order valence-corrected chi connectivity index (χ0v) is 20.3. The molecule has 1 aromatic heterocycles. The first-order valence-electron chi connectivity index (χ1n) is 9.13. The maximum atomic E-state index is 12.0. The largest absolute Gasteiger partial charge is 0.357 e. The van der Waals surface area contributed by atoms with E-state index >= 15 is 0 Å². The van der Waals surface area contributed by atoms with E-state index in [1.165, 1.54) is 0 Å². The van der Waals surface area contributed by atoms with Gasteiger partial charge in [0.2, 0.25) is 5.91 Å². The van der Waals surface area contributed by atoms with Gasteiger partial charge in [0.05, 0.1) is 12.2 Å². The molecule has 0 aliphatic heterocycles. The number of carbonyl (C=O) groups is 1. The van der Waals surface area contributed by atoms with E-state index in [4.69, 9.17) is 0 Å². The van der Waals surface area contributed by atoms with Crippen LogP contribution in [-0.2, 0) is 11.3 Å². The Kier molecular flexibility index (Phi) is 9.88. The van der Waals surface area contributed by atoms with Crippen molar-refractivity contribution in [2.75, 3.05) is 13.1 Å². The van der Waals surface area contributed by atoms with Crippen LogP contribution in [0.15, 0.2) is 35.3 Å². The van der Waals surface area contributed by atoms with E-state index in [2.05, 4.69) is 38.1 Å². The summed E-state index contributed by atoms with van der Waals surface area (Å²) in [7, 11) is 0. The van der Waals surface area contributed by atoms with Crippen molar-refractivity contribution in [2.45, 2.75) is 46.7 Å². The fraction of sp³-hybridized carbons (Fsp3) is 0.450. The fourth-order valence-corrected chi connectivity index (χ4v) is 3.42. The first-order chi connectivity index (χ1) is 12.8. The van der Waals surface area contributed by atoms with E-state index < -0.39 is 0 Å². The number of rotatable bonds is 6. The highest BCUT2D eigenvalue weighted by molar-refractivity contribution is 14.0. The first-order valence-corrected chi connectivity index (χ1v) is 9.95. The highest BCUT2D eigenvalue weighted by Crippen LogP contribution is 2.27. The van der Waals surface area contributed by atoms with Crippen molar-refractivity contribution in [1.29, 1.82) is 0 Å². The maximum Gasteiger partial charge on any atom is 0.242 e. The summed E-state index contributed by atoms with van der Waals surface area (Å²) in [4.78, 5) is 22.2. The Labute approximate surface area is 188 Å². The third-order valence-corrected chi connectivity index (χ3v) is 4.78. The third-order valence-electron chi connectivity index (χ3n) is 3.57. The van der Waals surface area contributed by atoms with Crippen molar-refractivity contribution < 1.29 is 4.79 Å². The lowest BCUT2D eigenvalue weighted by Crippen LogP contribution is -2.43. The average Bonchev–Trinajstić information content (AvgIpc) is 2.97. The van der Waals surface area contributed by atoms with E-state index in [0.717, 1.165) is 27.7 Å². The molecule has 6 nitrogen and oxygen atoms in total. The summed E-state index contributed by atoms with van der Waals surface area (Å²) in [5, 5.41) is 10.4. The smallest absolute Gasteiger partial charge is 0.242 e. The highest BCUT2D eigenvalue weighted by atomic mass is 127. The summed E-state index contributed by atoms with van der Waals surface area (Å²) in [6.07, 6.45) is 0. The van der Waals surface area contributed by atoms with Gasteiger partial charge in [-0.1, -0.05) is 30.3 Å². The molecule has 154 valence electrons. The summed E-state index contributed by atoms with van der Waals surface area (Å²) in [6.45, 7) is 11.3. The van der Waals surface area contributed by atoms with Gasteiger partial charge in [0.1, 0.15) is 11.6 Å². The number of thiazole rings is 1. The Morgan fingerprint density at radius 1 is 1.18 bits per heavy atom. The maximum absolute atomic E-state index is 12.0. The van der Waals surface area contributed by atoms with Crippen molar-refractivity contribution in [3.8, 4) is 10.6 Å². The lowest BCUT2D eigenvalue weighted by Gasteiger charge is -2.20. The van der Waals surface area contributed by atoms with Gasteiger partial charge < -0.3 is 16.0 Å². The SMILES string of the molecule is CCNC(=NCC(=O)NC(C)(C)C)NCc1sc(-c2ccccc2)nc1C.I. The number of benzene rings is 1. The van der Waals surface area contributed by atoms with Gasteiger partial charge in [-0.25, -0.2) is 9.98 Å². The molecule has 1 aromatic carbocycles. The molecule has 0 fully saturated rings. The molecular formula is C20H30IN5OS. The summed E-state index contributed by atoms with van der Waals surface area (Å²) in [5.41, 5.74) is 1.87. The van der Waals surface area contributed by atoms with Crippen LogP contribution in [0.1, 0.15) is 38.3 Å². The Morgan fingerprint density at radius 2 is 1.86 bits per heavy atom. The van der Waals surface area contributed by atoms with Crippen LogP contribution in [0.25, 0.3) is 10.6 Å². The molecular weight excluding hydrogens is 485 g/mol. The molecule has 1 heterocycles. The van der Waals surface area contributed by atoms with Crippen LogP contribution >= 0.6 is 35.3 Å². The number of nitrogens with zero attached hydrogens (tertiary/aromatic N) is 2. The van der Waals surface area contributed by atoms with Gasteiger partial charge in [0.15, 0.2) is 5.96 Å². The molecule has 28 heavy (non-hydrogen) atoms. The van der Waals surface area contributed by atoms with Gasteiger partial charge in [-0.3, -0.25) is 4.79 Å². The molecule has 8 heteroatoms. The monoisotopic (exact) mass is 515 g/mol. The highest BCUT2D eigenvalue weighted by Gasteiger charge is 2.14. The number of aryl methyl sites for hydroxylation is 1. The zero-order valence-electron chi connectivity index (χ0n) is 17.1. The Balaban J connectivity index is 0.00000392. The Morgan fingerprint density at radius 3 is 2.46 bits per heavy atom. The molecule has 0 unspecified atom stereocenters. The average molecular weight is 515 g/mol. The number of nitrogens with one attached hydrogen (secondary N) is 3. The molecule has 0 atom stereocenters. The van der Waals surface area contributed by atoms with Crippen molar-refractivity contribution in [2.24, 2.45) is 4.99 Å². The summed E-state index contributed by atoms with van der Waals surface area (Å²) in [5.74, 6) is 0.524. The zero-order chi connectivity index (χ0) is 19.9. The number of guanidine groups is 1. The molecule has 0 bridgehead atoms. The second kappa shape index (κ2) is 11.4. The molecule has 0 spiro atoms. The summed E-state index contributed by atoms with van der Waals surface area (Å²) >= 11 is 1.67. The van der Waals surface area contributed by atoms with Gasteiger partial charge >= 0.3 is 0 Å². The molecule has 0 saturated carbocycles. The van der Waals surface area contributed by atoms with Crippen molar-refractivity contribution in [3.05, 3.63) is 40.9 Å². The molecule has 0 aliphatic rings. The topological polar surface area (TPSA) is 78.4 Å². The van der Waals surface area contributed by atoms with Crippen molar-refractivity contribution >= 4 is 47.2 Å². The predicted octanol–water partition coefficient (Wildman–Crippen LogP) is 3.71. The molecule has 2 rings (SSSR count). The Bertz CT molecular complexity index is 784. The predicted molar refractivity (Wildman–Crippen MR) is 128 cm³/mol. The number of hydrogen-bond donors (Lipinski definition) is 3. The van der Waals surface area contributed by atoms with Crippen molar-refractivity contribution in [3.63, 3.8) is 0 Å². The molecule has 0 aliphatic carbocycles. The van der Waals surface area contributed by atoms with Crippen LogP contribution in [0.4, 0.5) is 0 Å². The van der Waals surface area contributed by atoms with Crippen LogP contribution in [0.2, 0.25) is 0 Å². The van der Waals surface area contributed by atoms with Crippen LogP contribution in [0.5, 0.6) is 0 Å². The molecule has 2 aromatic rings. The molecule has 0 radical (unpaired) electrons. The molecule has 0 saturated heterocycles. The first kappa shape index (κ1) is 24.4. The van der Waals surface area contributed by atoms with Crippen LogP contribution in [0.3, 0.4) is 0 Å². The van der Waals surface area contributed by atoms with Gasteiger partial charge in [0, 0.05) is 22.5 Å². The van der Waals surface area contributed by atoms with E-state index in [-0.39, 0.29) is 42.0 Å². The molecule has 1 amide bonds. The minimum atomic E-state index is -0.258. The normalized spacial score (nSPS) is 11.5. The summed E-state index contributed by atoms with van der Waals surface area (Å²) < 4.78 is 0. The fourth-order valence-electron chi connectivity index (χ4n) is 2.41. The van der Waals surface area contributed by atoms with E-state index in [1.807, 2.05) is 52.8 Å².